The second-order valence-corrected chi connectivity index (χ2v) is 12.8. The number of ether oxygens (including phenoxy) is 7. The van der Waals surface area contributed by atoms with Crippen LogP contribution >= 0.6 is 0 Å². The van der Waals surface area contributed by atoms with E-state index in [4.69, 9.17) is 28.4 Å². The van der Waals surface area contributed by atoms with Crippen molar-refractivity contribution in [3.63, 3.8) is 0 Å². The Balaban J connectivity index is 0.899. The van der Waals surface area contributed by atoms with Crippen LogP contribution in [0.25, 0.3) is 0 Å². The van der Waals surface area contributed by atoms with E-state index >= 15 is 0 Å². The molecule has 1 atom stereocenters. The SMILES string of the molecule is O=C1CCC(N2C(=O)c3cccc(NC(=O)CCCCCOCCOCCOCCOCCOCCOCCC(=O)Oc4c(F)c(F)c(F)c(F)c4F)c3C2=O)C(=O)N1. The van der Waals surface area contributed by atoms with Gasteiger partial charge in [0.2, 0.25) is 52.6 Å². The first kappa shape index (κ1) is 46.8. The molecule has 1 unspecified atom stereocenters. The number of hydrogen-bond donors (Lipinski definition) is 2. The third-order valence-electron chi connectivity index (χ3n) is 8.63. The Bertz CT molecular complexity index is 1790. The van der Waals surface area contributed by atoms with Crippen molar-refractivity contribution in [3.8, 4) is 5.75 Å². The Morgan fingerprint density at radius 2 is 1.17 bits per heavy atom. The maximum Gasteiger partial charge on any atom is 0.313 e. The van der Waals surface area contributed by atoms with Gasteiger partial charge in [0.05, 0.1) is 95.9 Å². The molecule has 324 valence electrons. The van der Waals surface area contributed by atoms with Crippen molar-refractivity contribution >= 4 is 41.2 Å². The summed E-state index contributed by atoms with van der Waals surface area (Å²) in [4.78, 5) is 75.1. The molecule has 2 heterocycles. The van der Waals surface area contributed by atoms with Gasteiger partial charge in [0.15, 0.2) is 0 Å². The average Bonchev–Trinajstić information content (AvgIpc) is 3.47. The zero-order valence-corrected chi connectivity index (χ0v) is 31.9. The van der Waals surface area contributed by atoms with Gasteiger partial charge in [0.25, 0.3) is 11.8 Å². The van der Waals surface area contributed by atoms with E-state index in [-0.39, 0.29) is 75.0 Å². The molecular formula is C38H44F5N3O13. The number of carbonyl (C=O) groups excluding carboxylic acids is 6. The Kier molecular flexibility index (Phi) is 19.2. The molecule has 1 fully saturated rings. The molecule has 5 amide bonds. The molecule has 0 radical (unpaired) electrons. The van der Waals surface area contributed by atoms with E-state index in [1.165, 1.54) is 12.1 Å². The summed E-state index contributed by atoms with van der Waals surface area (Å²) in [6.07, 6.45) is 1.71. The summed E-state index contributed by atoms with van der Waals surface area (Å²) >= 11 is 0. The average molecular weight is 846 g/mol. The van der Waals surface area contributed by atoms with Crippen LogP contribution in [0.1, 0.15) is 65.7 Å². The molecule has 0 saturated carbocycles. The molecule has 1 saturated heterocycles. The minimum atomic E-state index is -2.36. The summed E-state index contributed by atoms with van der Waals surface area (Å²) in [7, 11) is 0. The van der Waals surface area contributed by atoms with E-state index in [0.717, 1.165) is 4.90 Å². The lowest BCUT2D eigenvalue weighted by molar-refractivity contribution is -0.137. The number of amides is 5. The standard InChI is InChI=1S/C38H44F5N3O13/c39-30-31(40)33(42)35(34(43)32(30)41)59-28(49)10-12-54-14-16-56-18-20-58-22-21-57-19-17-55-15-13-53-11-3-1-2-7-26(47)44-24-6-4-5-23-29(24)38(52)46(37(23)51)25-8-9-27(48)45-36(25)50/h4-6,25H,1-3,7-22H2,(H,44,47)(H,45,48,50). The lowest BCUT2D eigenvalue weighted by Gasteiger charge is -2.27. The fraction of sp³-hybridized carbons (Fsp3) is 0.526. The smallest absolute Gasteiger partial charge is 0.313 e. The summed E-state index contributed by atoms with van der Waals surface area (Å²) in [5, 5.41) is 4.85. The Morgan fingerprint density at radius 1 is 0.644 bits per heavy atom. The van der Waals surface area contributed by atoms with Crippen molar-refractivity contribution in [2.24, 2.45) is 0 Å². The van der Waals surface area contributed by atoms with E-state index in [0.29, 0.717) is 65.5 Å². The molecule has 0 aromatic heterocycles. The molecule has 0 aliphatic carbocycles. The number of rotatable bonds is 27. The fourth-order valence-corrected chi connectivity index (χ4v) is 5.69. The van der Waals surface area contributed by atoms with Crippen LogP contribution in [0.2, 0.25) is 0 Å². The van der Waals surface area contributed by atoms with Crippen LogP contribution in [0.3, 0.4) is 0 Å². The van der Waals surface area contributed by atoms with Crippen molar-refractivity contribution < 1.29 is 83.9 Å². The Labute approximate surface area is 334 Å². The van der Waals surface area contributed by atoms with Crippen molar-refractivity contribution in [2.45, 2.75) is 51.0 Å². The first-order chi connectivity index (χ1) is 28.4. The molecule has 0 spiro atoms. The topological polar surface area (TPSA) is 194 Å². The highest BCUT2D eigenvalue weighted by molar-refractivity contribution is 6.26. The van der Waals surface area contributed by atoms with Crippen LogP contribution in [-0.4, -0.2) is 126 Å². The number of fused-ring (bicyclic) bond motifs is 1. The second-order valence-electron chi connectivity index (χ2n) is 12.8. The normalized spacial score (nSPS) is 15.1. The molecule has 2 aliphatic rings. The van der Waals surface area contributed by atoms with E-state index in [1.54, 1.807) is 6.07 Å². The first-order valence-corrected chi connectivity index (χ1v) is 18.7. The number of carbonyl (C=O) groups is 6. The summed E-state index contributed by atoms with van der Waals surface area (Å²) in [5.41, 5.74) is 0.289. The Hall–Kier alpha value is -4.93. The van der Waals surface area contributed by atoms with Gasteiger partial charge in [-0.05, 0) is 31.4 Å². The summed E-state index contributed by atoms with van der Waals surface area (Å²) < 4.78 is 103. The van der Waals surface area contributed by atoms with Crippen molar-refractivity contribution in [1.29, 1.82) is 0 Å². The molecule has 2 aliphatic heterocycles. The molecule has 21 heteroatoms. The van der Waals surface area contributed by atoms with Crippen LogP contribution in [0, 0.1) is 29.1 Å². The number of imide groups is 2. The van der Waals surface area contributed by atoms with E-state index in [2.05, 4.69) is 15.4 Å². The van der Waals surface area contributed by atoms with Crippen molar-refractivity contribution in [1.82, 2.24) is 10.2 Å². The van der Waals surface area contributed by atoms with Gasteiger partial charge in [-0.2, -0.15) is 8.78 Å². The molecule has 4 rings (SSSR count). The third-order valence-corrected chi connectivity index (χ3v) is 8.63. The van der Waals surface area contributed by atoms with Gasteiger partial charge in [-0.25, -0.2) is 13.2 Å². The largest absolute Gasteiger partial charge is 0.420 e. The van der Waals surface area contributed by atoms with Gasteiger partial charge < -0.3 is 38.5 Å². The lowest BCUT2D eigenvalue weighted by Crippen LogP contribution is -2.54. The monoisotopic (exact) mass is 845 g/mol. The summed E-state index contributed by atoms with van der Waals surface area (Å²) in [5.74, 6) is -17.1. The van der Waals surface area contributed by atoms with Gasteiger partial charge in [0.1, 0.15) is 6.04 Å². The van der Waals surface area contributed by atoms with Crippen molar-refractivity contribution in [3.05, 3.63) is 58.4 Å². The minimum Gasteiger partial charge on any atom is -0.420 e. The number of halogens is 5. The Morgan fingerprint density at radius 3 is 1.73 bits per heavy atom. The summed E-state index contributed by atoms with van der Waals surface area (Å²) in [6, 6.07) is 3.42. The zero-order chi connectivity index (χ0) is 42.7. The van der Waals surface area contributed by atoms with E-state index < -0.39 is 76.9 Å². The molecule has 2 aromatic rings. The van der Waals surface area contributed by atoms with Crippen LogP contribution < -0.4 is 15.4 Å². The minimum absolute atomic E-state index is 0.00470. The molecular weight excluding hydrogens is 801 g/mol. The predicted molar refractivity (Wildman–Crippen MR) is 192 cm³/mol. The fourth-order valence-electron chi connectivity index (χ4n) is 5.69. The molecule has 59 heavy (non-hydrogen) atoms. The highest BCUT2D eigenvalue weighted by Crippen LogP contribution is 2.33. The zero-order valence-electron chi connectivity index (χ0n) is 31.9. The van der Waals surface area contributed by atoms with Crippen LogP contribution in [-0.2, 0) is 47.6 Å². The molecule has 2 N–H and O–H groups in total. The highest BCUT2D eigenvalue weighted by atomic mass is 19.2. The third kappa shape index (κ3) is 13.8. The lowest BCUT2D eigenvalue weighted by atomic mass is 10.0. The quantitative estimate of drug-likeness (QED) is 0.0253. The molecule has 2 aromatic carbocycles. The van der Waals surface area contributed by atoms with E-state index in [9.17, 15) is 50.7 Å². The van der Waals surface area contributed by atoms with Gasteiger partial charge in [-0.1, -0.05) is 12.5 Å². The predicted octanol–water partition coefficient (Wildman–Crippen LogP) is 3.38. The van der Waals surface area contributed by atoms with E-state index in [1.807, 2.05) is 0 Å². The number of nitrogens with one attached hydrogen (secondary N) is 2. The molecule has 16 nitrogen and oxygen atoms in total. The maximum absolute atomic E-state index is 13.6. The number of anilines is 1. The molecule has 0 bridgehead atoms. The van der Waals surface area contributed by atoms with Crippen LogP contribution in [0.4, 0.5) is 27.6 Å². The van der Waals surface area contributed by atoms with Crippen molar-refractivity contribution in [2.75, 3.05) is 84.6 Å². The number of benzene rings is 2. The number of hydrogen-bond acceptors (Lipinski definition) is 13. The summed E-state index contributed by atoms with van der Waals surface area (Å²) in [6.45, 7) is 3.04. The number of unbranched alkanes of at least 4 members (excludes halogenated alkanes) is 2. The van der Waals surface area contributed by atoms with Gasteiger partial charge in [0, 0.05) is 19.4 Å². The second kappa shape index (κ2) is 24.2. The van der Waals surface area contributed by atoms with Gasteiger partial charge in [-0.3, -0.25) is 39.0 Å². The van der Waals surface area contributed by atoms with Gasteiger partial charge >= 0.3 is 5.97 Å². The number of nitrogens with zero attached hydrogens (tertiary/aromatic N) is 1. The maximum atomic E-state index is 13.6. The van der Waals surface area contributed by atoms with Gasteiger partial charge in [-0.15, -0.1) is 0 Å². The van der Waals surface area contributed by atoms with Crippen LogP contribution in [0.15, 0.2) is 18.2 Å². The number of piperidine rings is 1. The first-order valence-electron chi connectivity index (χ1n) is 18.7. The van der Waals surface area contributed by atoms with Crippen LogP contribution in [0.5, 0.6) is 5.75 Å². The highest BCUT2D eigenvalue weighted by Gasteiger charge is 2.45. The number of esters is 1.